The molecule has 0 aromatic heterocycles. The first kappa shape index (κ1) is 23.7. The van der Waals surface area contributed by atoms with Crippen LogP contribution >= 0.6 is 11.8 Å². The summed E-state index contributed by atoms with van der Waals surface area (Å²) in [5.74, 6) is 1.39. The highest BCUT2D eigenvalue weighted by Crippen LogP contribution is 2.33. The second kappa shape index (κ2) is 11.0. The van der Waals surface area contributed by atoms with Gasteiger partial charge >= 0.3 is 0 Å². The van der Waals surface area contributed by atoms with Crippen LogP contribution in [-0.4, -0.2) is 58.4 Å². The fourth-order valence-electron chi connectivity index (χ4n) is 3.55. The molecule has 0 heterocycles. The van der Waals surface area contributed by atoms with Gasteiger partial charge in [-0.2, -0.15) is 11.8 Å². The largest absolute Gasteiger partial charge is 0.493 e. The van der Waals surface area contributed by atoms with E-state index in [2.05, 4.69) is 5.32 Å². The second-order valence-electron chi connectivity index (χ2n) is 7.20. The Kier molecular flexibility index (Phi) is 8.95. The Labute approximate surface area is 178 Å². The van der Waals surface area contributed by atoms with E-state index in [1.54, 1.807) is 25.1 Å². The van der Waals surface area contributed by atoms with Crippen molar-refractivity contribution in [2.24, 2.45) is 0 Å². The van der Waals surface area contributed by atoms with Crippen LogP contribution < -0.4 is 19.1 Å². The minimum Gasteiger partial charge on any atom is -0.493 e. The SMILES string of the molecule is COc1ccc(N([C@@H](C)C(=O)NCCSC2CCCCC2)S(C)(=O)=O)cc1OC. The van der Waals surface area contributed by atoms with Crippen LogP contribution in [0.2, 0.25) is 0 Å². The first-order valence-electron chi connectivity index (χ1n) is 9.88. The highest BCUT2D eigenvalue weighted by atomic mass is 32.2. The molecule has 1 aromatic carbocycles. The molecular weight excluding hydrogens is 412 g/mol. The predicted molar refractivity (Wildman–Crippen MR) is 119 cm³/mol. The molecule has 1 aliphatic rings. The number of methoxy groups -OCH3 is 2. The molecule has 0 aliphatic heterocycles. The standard InChI is InChI=1S/C20H32N2O5S2/c1-15(20(23)21-12-13-28-17-8-6-5-7-9-17)22(29(4,24)25)16-10-11-18(26-2)19(14-16)27-3/h10-11,14-15,17H,5-9,12-13H2,1-4H3,(H,21,23)/t15-/m0/s1. The van der Waals surface area contributed by atoms with E-state index >= 15 is 0 Å². The molecule has 9 heteroatoms. The number of carbonyl (C=O) groups excluding carboxylic acids is 1. The summed E-state index contributed by atoms with van der Waals surface area (Å²) in [6.45, 7) is 2.11. The van der Waals surface area contributed by atoms with Crippen LogP contribution in [0, 0.1) is 0 Å². The maximum atomic E-state index is 12.7. The summed E-state index contributed by atoms with van der Waals surface area (Å²) in [5, 5.41) is 3.55. The molecule has 1 fully saturated rings. The molecule has 7 nitrogen and oxygen atoms in total. The maximum absolute atomic E-state index is 12.7. The summed E-state index contributed by atoms with van der Waals surface area (Å²) in [7, 11) is -0.698. The topological polar surface area (TPSA) is 84.9 Å². The van der Waals surface area contributed by atoms with Crippen molar-refractivity contribution in [3.8, 4) is 11.5 Å². The van der Waals surface area contributed by atoms with Crippen LogP contribution in [0.3, 0.4) is 0 Å². The third-order valence-electron chi connectivity index (χ3n) is 5.02. The molecule has 1 aliphatic carbocycles. The van der Waals surface area contributed by atoms with E-state index in [0.717, 1.165) is 16.3 Å². The number of ether oxygens (including phenoxy) is 2. The van der Waals surface area contributed by atoms with Gasteiger partial charge in [-0.15, -0.1) is 0 Å². The molecule has 0 unspecified atom stereocenters. The van der Waals surface area contributed by atoms with Crippen molar-refractivity contribution < 1.29 is 22.7 Å². The van der Waals surface area contributed by atoms with Gasteiger partial charge in [0, 0.05) is 23.6 Å². The van der Waals surface area contributed by atoms with E-state index in [1.807, 2.05) is 11.8 Å². The first-order chi connectivity index (χ1) is 13.8. The van der Waals surface area contributed by atoms with Gasteiger partial charge in [0.15, 0.2) is 11.5 Å². The van der Waals surface area contributed by atoms with Gasteiger partial charge in [-0.25, -0.2) is 8.42 Å². The number of amides is 1. The van der Waals surface area contributed by atoms with Crippen molar-refractivity contribution in [3.63, 3.8) is 0 Å². The zero-order valence-electron chi connectivity index (χ0n) is 17.6. The van der Waals surface area contributed by atoms with Crippen LogP contribution in [0.5, 0.6) is 11.5 Å². The quantitative estimate of drug-likeness (QED) is 0.559. The Morgan fingerprint density at radius 1 is 1.21 bits per heavy atom. The van der Waals surface area contributed by atoms with Gasteiger partial charge in [-0.3, -0.25) is 9.10 Å². The number of benzene rings is 1. The zero-order chi connectivity index (χ0) is 21.4. The highest BCUT2D eigenvalue weighted by molar-refractivity contribution is 7.99. The molecule has 29 heavy (non-hydrogen) atoms. The number of anilines is 1. The summed E-state index contributed by atoms with van der Waals surface area (Å²) in [4.78, 5) is 12.7. The fourth-order valence-corrected chi connectivity index (χ4v) is 5.94. The zero-order valence-corrected chi connectivity index (χ0v) is 19.3. The monoisotopic (exact) mass is 444 g/mol. The Bertz CT molecular complexity index is 779. The van der Waals surface area contributed by atoms with Crippen LogP contribution in [0.4, 0.5) is 5.69 Å². The molecule has 2 rings (SSSR count). The van der Waals surface area contributed by atoms with Gasteiger partial charge in [0.1, 0.15) is 6.04 Å². The summed E-state index contributed by atoms with van der Waals surface area (Å²) in [5.41, 5.74) is 0.351. The number of nitrogens with one attached hydrogen (secondary N) is 1. The average Bonchev–Trinajstić information content (AvgIpc) is 2.70. The lowest BCUT2D eigenvalue weighted by atomic mass is 10.0. The summed E-state index contributed by atoms with van der Waals surface area (Å²) < 4.78 is 36.5. The van der Waals surface area contributed by atoms with Crippen molar-refractivity contribution in [2.45, 2.75) is 50.3 Å². The molecule has 0 saturated heterocycles. The molecule has 0 bridgehead atoms. The van der Waals surface area contributed by atoms with Crippen molar-refractivity contribution in [3.05, 3.63) is 18.2 Å². The molecule has 1 amide bonds. The number of sulfonamides is 1. The molecule has 0 radical (unpaired) electrons. The van der Waals surface area contributed by atoms with E-state index in [9.17, 15) is 13.2 Å². The van der Waals surface area contributed by atoms with Gasteiger partial charge in [-0.05, 0) is 31.9 Å². The van der Waals surface area contributed by atoms with E-state index < -0.39 is 16.1 Å². The van der Waals surface area contributed by atoms with Gasteiger partial charge in [0.05, 0.1) is 26.2 Å². The molecule has 1 atom stereocenters. The normalized spacial score (nSPS) is 16.1. The summed E-state index contributed by atoms with van der Waals surface area (Å²) in [6, 6.07) is 3.90. The Hall–Kier alpha value is -1.61. The van der Waals surface area contributed by atoms with E-state index in [-0.39, 0.29) is 5.91 Å². The van der Waals surface area contributed by atoms with Crippen molar-refractivity contribution in [2.75, 3.05) is 37.1 Å². The number of hydrogen-bond donors (Lipinski definition) is 1. The molecule has 1 N–H and O–H groups in total. The number of carbonyl (C=O) groups is 1. The maximum Gasteiger partial charge on any atom is 0.243 e. The van der Waals surface area contributed by atoms with E-state index in [4.69, 9.17) is 9.47 Å². The Morgan fingerprint density at radius 2 is 1.86 bits per heavy atom. The third kappa shape index (κ3) is 6.70. The molecule has 0 spiro atoms. The number of rotatable bonds is 10. The first-order valence-corrected chi connectivity index (χ1v) is 12.8. The number of thioether (sulfide) groups is 1. The minimum absolute atomic E-state index is 0.325. The number of nitrogens with zero attached hydrogens (tertiary/aromatic N) is 1. The van der Waals surface area contributed by atoms with Gasteiger partial charge in [0.2, 0.25) is 15.9 Å². The Morgan fingerprint density at radius 3 is 2.45 bits per heavy atom. The predicted octanol–water partition coefficient (Wildman–Crippen LogP) is 3.04. The fraction of sp³-hybridized carbons (Fsp3) is 0.650. The summed E-state index contributed by atoms with van der Waals surface area (Å²) in [6.07, 6.45) is 7.48. The van der Waals surface area contributed by atoms with E-state index in [0.29, 0.717) is 29.0 Å². The average molecular weight is 445 g/mol. The number of hydrogen-bond acceptors (Lipinski definition) is 6. The molecule has 1 saturated carbocycles. The minimum atomic E-state index is -3.68. The Balaban J connectivity index is 2.02. The van der Waals surface area contributed by atoms with Crippen LogP contribution in [-0.2, 0) is 14.8 Å². The van der Waals surface area contributed by atoms with Gasteiger partial charge in [-0.1, -0.05) is 19.3 Å². The highest BCUT2D eigenvalue weighted by Gasteiger charge is 2.29. The van der Waals surface area contributed by atoms with Crippen LogP contribution in [0.25, 0.3) is 0 Å². The van der Waals surface area contributed by atoms with Crippen molar-refractivity contribution in [1.82, 2.24) is 5.32 Å². The van der Waals surface area contributed by atoms with Gasteiger partial charge in [0.25, 0.3) is 0 Å². The molecule has 164 valence electrons. The molecule has 1 aromatic rings. The van der Waals surface area contributed by atoms with Gasteiger partial charge < -0.3 is 14.8 Å². The third-order valence-corrected chi connectivity index (χ3v) is 7.64. The van der Waals surface area contributed by atoms with Crippen LogP contribution in [0.1, 0.15) is 39.0 Å². The van der Waals surface area contributed by atoms with E-state index in [1.165, 1.54) is 46.3 Å². The summed E-state index contributed by atoms with van der Waals surface area (Å²) >= 11 is 1.89. The second-order valence-corrected chi connectivity index (χ2v) is 10.5. The lowest BCUT2D eigenvalue weighted by molar-refractivity contribution is -0.121. The lowest BCUT2D eigenvalue weighted by Gasteiger charge is -2.29. The van der Waals surface area contributed by atoms with Crippen molar-refractivity contribution >= 4 is 33.4 Å². The van der Waals surface area contributed by atoms with Crippen LogP contribution in [0.15, 0.2) is 18.2 Å². The molecular formula is C20H32N2O5S2. The lowest BCUT2D eigenvalue weighted by Crippen LogP contribution is -2.48. The van der Waals surface area contributed by atoms with Crippen molar-refractivity contribution in [1.29, 1.82) is 0 Å². The smallest absolute Gasteiger partial charge is 0.243 e.